The van der Waals surface area contributed by atoms with Crippen molar-refractivity contribution in [2.45, 2.75) is 25.0 Å². The molecule has 6 heteroatoms. The van der Waals surface area contributed by atoms with Gasteiger partial charge in [0, 0.05) is 38.2 Å². The normalized spacial score (nSPS) is 20.9. The highest BCUT2D eigenvalue weighted by molar-refractivity contribution is 5.92. The van der Waals surface area contributed by atoms with Crippen LogP contribution >= 0.6 is 0 Å². The van der Waals surface area contributed by atoms with Crippen LogP contribution in [-0.2, 0) is 15.9 Å². The Morgan fingerprint density at radius 3 is 2.52 bits per heavy atom. The van der Waals surface area contributed by atoms with Gasteiger partial charge in [0.1, 0.15) is 5.69 Å². The van der Waals surface area contributed by atoms with Gasteiger partial charge in [0.25, 0.3) is 5.91 Å². The fourth-order valence-corrected chi connectivity index (χ4v) is 4.28. The number of anilines is 2. The molecule has 140 valence electrons. The minimum Gasteiger partial charge on any atom is -0.347 e. The lowest BCUT2D eigenvalue weighted by Gasteiger charge is -2.37. The number of amides is 1. The summed E-state index contributed by atoms with van der Waals surface area (Å²) in [5.74, 6) is -0.478. The molecule has 0 saturated carbocycles. The van der Waals surface area contributed by atoms with Crippen molar-refractivity contribution in [3.8, 4) is 0 Å². The molecule has 3 aliphatic rings. The van der Waals surface area contributed by atoms with E-state index in [0.717, 1.165) is 31.5 Å². The molecule has 1 aromatic heterocycles. The van der Waals surface area contributed by atoms with E-state index in [1.54, 1.807) is 0 Å². The van der Waals surface area contributed by atoms with Gasteiger partial charge in [0.15, 0.2) is 5.79 Å². The maximum atomic E-state index is 12.8. The number of hydrogen-bond donors (Lipinski definition) is 0. The quantitative estimate of drug-likeness (QED) is 0.819. The summed E-state index contributed by atoms with van der Waals surface area (Å²) in [4.78, 5) is 21.4. The van der Waals surface area contributed by atoms with Crippen LogP contribution in [0.1, 0.15) is 28.9 Å². The molecule has 27 heavy (non-hydrogen) atoms. The number of carbonyl (C=O) groups is 1. The zero-order valence-electron chi connectivity index (χ0n) is 15.3. The van der Waals surface area contributed by atoms with Gasteiger partial charge in [-0.1, -0.05) is 18.2 Å². The van der Waals surface area contributed by atoms with Crippen molar-refractivity contribution in [1.82, 2.24) is 9.88 Å². The van der Waals surface area contributed by atoms with Gasteiger partial charge in [0.05, 0.1) is 25.1 Å². The lowest BCUT2D eigenvalue weighted by atomic mass is 10.0. The second-order valence-electron chi connectivity index (χ2n) is 7.33. The van der Waals surface area contributed by atoms with Gasteiger partial charge >= 0.3 is 0 Å². The van der Waals surface area contributed by atoms with Crippen LogP contribution in [0.15, 0.2) is 42.6 Å². The predicted octanol–water partition coefficient (Wildman–Crippen LogP) is 2.75. The van der Waals surface area contributed by atoms with E-state index >= 15 is 0 Å². The number of piperidine rings is 1. The number of rotatable bonds is 2. The molecule has 0 N–H and O–H groups in total. The summed E-state index contributed by atoms with van der Waals surface area (Å²) < 4.78 is 11.5. The number of aromatic nitrogens is 1. The zero-order valence-corrected chi connectivity index (χ0v) is 15.3. The van der Waals surface area contributed by atoms with Crippen molar-refractivity contribution < 1.29 is 14.3 Å². The Bertz CT molecular complexity index is 836. The summed E-state index contributed by atoms with van der Waals surface area (Å²) in [6.07, 6.45) is 4.29. The molecule has 2 saturated heterocycles. The maximum Gasteiger partial charge on any atom is 0.272 e. The molecule has 1 aromatic carbocycles. The fourth-order valence-electron chi connectivity index (χ4n) is 4.28. The van der Waals surface area contributed by atoms with Crippen LogP contribution in [-0.4, -0.2) is 54.4 Å². The van der Waals surface area contributed by atoms with E-state index in [2.05, 4.69) is 34.1 Å². The summed E-state index contributed by atoms with van der Waals surface area (Å²) in [6.45, 7) is 3.53. The highest BCUT2D eigenvalue weighted by Gasteiger charge is 2.41. The molecular formula is C21H23N3O3. The minimum atomic E-state index is -0.461. The van der Waals surface area contributed by atoms with Crippen molar-refractivity contribution in [3.63, 3.8) is 0 Å². The largest absolute Gasteiger partial charge is 0.347 e. The second-order valence-corrected chi connectivity index (χ2v) is 7.33. The van der Waals surface area contributed by atoms with E-state index in [1.807, 2.05) is 23.2 Å². The third kappa shape index (κ3) is 2.99. The SMILES string of the molecule is O=C(c1ccc(N2CCc3ccccc32)cn1)N1CCC2(CC1)OCCO2. The highest BCUT2D eigenvalue weighted by atomic mass is 16.7. The van der Waals surface area contributed by atoms with E-state index in [1.165, 1.54) is 11.3 Å². The molecule has 4 heterocycles. The number of ether oxygens (including phenoxy) is 2. The summed E-state index contributed by atoms with van der Waals surface area (Å²) in [6, 6.07) is 12.3. The van der Waals surface area contributed by atoms with Crippen LogP contribution in [0.2, 0.25) is 0 Å². The number of hydrogen-bond acceptors (Lipinski definition) is 5. The number of pyridine rings is 1. The molecule has 1 spiro atoms. The zero-order chi connectivity index (χ0) is 18.3. The van der Waals surface area contributed by atoms with Crippen LogP contribution in [0.5, 0.6) is 0 Å². The summed E-state index contributed by atoms with van der Waals surface area (Å²) in [5.41, 5.74) is 4.12. The van der Waals surface area contributed by atoms with Gasteiger partial charge in [-0.3, -0.25) is 4.79 Å². The van der Waals surface area contributed by atoms with Crippen LogP contribution in [0.4, 0.5) is 11.4 Å². The molecule has 0 atom stereocenters. The summed E-state index contributed by atoms with van der Waals surface area (Å²) in [7, 11) is 0. The molecule has 0 aliphatic carbocycles. The van der Waals surface area contributed by atoms with E-state index in [9.17, 15) is 4.79 Å². The standard InChI is InChI=1S/C21H23N3O3/c25-20(23-11-8-21(9-12-23)26-13-14-27-21)18-6-5-17(15-22-18)24-10-7-16-3-1-2-4-19(16)24/h1-6,15H,7-14H2. The van der Waals surface area contributed by atoms with E-state index in [-0.39, 0.29) is 5.91 Å². The molecule has 2 aromatic rings. The average Bonchev–Trinajstić information content (AvgIpc) is 3.36. The first-order valence-corrected chi connectivity index (χ1v) is 9.63. The van der Waals surface area contributed by atoms with E-state index in [4.69, 9.17) is 9.47 Å². The van der Waals surface area contributed by atoms with Crippen molar-refractivity contribution in [2.24, 2.45) is 0 Å². The lowest BCUT2D eigenvalue weighted by molar-refractivity contribution is -0.181. The molecule has 5 rings (SSSR count). The first-order valence-electron chi connectivity index (χ1n) is 9.63. The number of benzene rings is 1. The van der Waals surface area contributed by atoms with Crippen molar-refractivity contribution in [3.05, 3.63) is 53.9 Å². The molecule has 2 fully saturated rings. The third-order valence-electron chi connectivity index (χ3n) is 5.79. The third-order valence-corrected chi connectivity index (χ3v) is 5.79. The predicted molar refractivity (Wildman–Crippen MR) is 101 cm³/mol. The highest BCUT2D eigenvalue weighted by Crippen LogP contribution is 2.34. The van der Waals surface area contributed by atoms with E-state index < -0.39 is 5.79 Å². The number of fused-ring (bicyclic) bond motifs is 1. The summed E-state index contributed by atoms with van der Waals surface area (Å²) >= 11 is 0. The molecule has 0 radical (unpaired) electrons. The average molecular weight is 365 g/mol. The Kier molecular flexibility index (Phi) is 4.10. The van der Waals surface area contributed by atoms with Gasteiger partial charge < -0.3 is 19.3 Å². The number of likely N-dealkylation sites (tertiary alicyclic amines) is 1. The Hall–Kier alpha value is -2.44. The monoisotopic (exact) mass is 365 g/mol. The smallest absolute Gasteiger partial charge is 0.272 e. The second kappa shape index (κ2) is 6.62. The van der Waals surface area contributed by atoms with Crippen LogP contribution in [0.25, 0.3) is 0 Å². The van der Waals surface area contributed by atoms with Gasteiger partial charge in [-0.25, -0.2) is 4.98 Å². The maximum absolute atomic E-state index is 12.8. The van der Waals surface area contributed by atoms with Crippen LogP contribution < -0.4 is 4.90 Å². The number of para-hydroxylation sites is 1. The van der Waals surface area contributed by atoms with Gasteiger partial charge in [-0.05, 0) is 30.2 Å². The van der Waals surface area contributed by atoms with Gasteiger partial charge in [-0.15, -0.1) is 0 Å². The van der Waals surface area contributed by atoms with Crippen LogP contribution in [0.3, 0.4) is 0 Å². The van der Waals surface area contributed by atoms with Crippen molar-refractivity contribution in [1.29, 1.82) is 0 Å². The Labute approximate surface area is 158 Å². The number of carbonyl (C=O) groups excluding carboxylic acids is 1. The first-order chi connectivity index (χ1) is 13.2. The van der Waals surface area contributed by atoms with Gasteiger partial charge in [-0.2, -0.15) is 0 Å². The molecule has 3 aliphatic heterocycles. The minimum absolute atomic E-state index is 0.0174. The Balaban J connectivity index is 1.28. The lowest BCUT2D eigenvalue weighted by Crippen LogP contribution is -2.47. The fraction of sp³-hybridized carbons (Fsp3) is 0.429. The molecular weight excluding hydrogens is 342 g/mol. The van der Waals surface area contributed by atoms with E-state index in [0.29, 0.717) is 32.0 Å². The Morgan fingerprint density at radius 2 is 1.78 bits per heavy atom. The molecule has 0 bridgehead atoms. The van der Waals surface area contributed by atoms with Crippen molar-refractivity contribution in [2.75, 3.05) is 37.7 Å². The van der Waals surface area contributed by atoms with Crippen molar-refractivity contribution >= 4 is 17.3 Å². The van der Waals surface area contributed by atoms with Gasteiger partial charge in [0.2, 0.25) is 0 Å². The number of nitrogens with zero attached hydrogens (tertiary/aromatic N) is 3. The Morgan fingerprint density at radius 1 is 1.00 bits per heavy atom. The topological polar surface area (TPSA) is 54.9 Å². The molecule has 0 unspecified atom stereocenters. The summed E-state index contributed by atoms with van der Waals surface area (Å²) in [5, 5.41) is 0. The molecule has 1 amide bonds. The first kappa shape index (κ1) is 16.7. The van der Waals surface area contributed by atoms with Crippen LogP contribution in [0, 0.1) is 0 Å². The molecule has 6 nitrogen and oxygen atoms in total.